The molecule has 3 aromatic carbocycles. The Morgan fingerprint density at radius 3 is 2.09 bits per heavy atom. The first kappa shape index (κ1) is 24.3. The SMILES string of the molecule is Cc1cc(NC(=O)Cc2ccc(S(C)(=O)=O)cc2)cc(C)c1-c1ccccc1OC(F)(F)F. The second-order valence-corrected chi connectivity index (χ2v) is 9.69. The largest absolute Gasteiger partial charge is 0.573 e. The van der Waals surface area contributed by atoms with Crippen molar-refractivity contribution in [2.24, 2.45) is 0 Å². The molecule has 0 aliphatic heterocycles. The summed E-state index contributed by atoms with van der Waals surface area (Å²) in [5.74, 6) is -0.611. The quantitative estimate of drug-likeness (QED) is 0.512. The Bertz CT molecular complexity index is 1260. The third kappa shape index (κ3) is 6.35. The molecule has 0 atom stereocenters. The van der Waals surface area contributed by atoms with E-state index in [0.29, 0.717) is 33.5 Å². The van der Waals surface area contributed by atoms with Crippen molar-refractivity contribution in [2.45, 2.75) is 31.5 Å². The van der Waals surface area contributed by atoms with Gasteiger partial charge in [0.2, 0.25) is 5.91 Å². The molecule has 0 fully saturated rings. The summed E-state index contributed by atoms with van der Waals surface area (Å²) >= 11 is 0. The Morgan fingerprint density at radius 1 is 0.970 bits per heavy atom. The van der Waals surface area contributed by atoms with Crippen LogP contribution in [-0.4, -0.2) is 26.9 Å². The maximum atomic E-state index is 12.8. The normalized spacial score (nSPS) is 11.8. The van der Waals surface area contributed by atoms with E-state index in [1.54, 1.807) is 50.2 Å². The molecule has 0 spiro atoms. The highest BCUT2D eigenvalue weighted by molar-refractivity contribution is 7.90. The number of rotatable bonds is 6. The van der Waals surface area contributed by atoms with Crippen molar-refractivity contribution < 1.29 is 31.1 Å². The van der Waals surface area contributed by atoms with Crippen LogP contribution in [0.5, 0.6) is 5.75 Å². The van der Waals surface area contributed by atoms with Gasteiger partial charge in [0.25, 0.3) is 0 Å². The minimum absolute atomic E-state index is 0.0339. The van der Waals surface area contributed by atoms with Crippen LogP contribution in [0.1, 0.15) is 16.7 Å². The summed E-state index contributed by atoms with van der Waals surface area (Å²) in [7, 11) is -3.32. The second kappa shape index (κ2) is 9.27. The smallest absolute Gasteiger partial charge is 0.405 e. The number of halogens is 3. The Balaban J connectivity index is 1.81. The van der Waals surface area contributed by atoms with E-state index in [9.17, 15) is 26.4 Å². The summed E-state index contributed by atoms with van der Waals surface area (Å²) < 4.78 is 65.7. The lowest BCUT2D eigenvalue weighted by Gasteiger charge is -2.18. The molecule has 0 heterocycles. The number of hydrogen-bond acceptors (Lipinski definition) is 4. The third-order valence-corrected chi connectivity index (χ3v) is 6.04. The van der Waals surface area contributed by atoms with E-state index in [2.05, 4.69) is 10.1 Å². The fourth-order valence-electron chi connectivity index (χ4n) is 3.59. The molecule has 3 rings (SSSR count). The number of hydrogen-bond donors (Lipinski definition) is 1. The van der Waals surface area contributed by atoms with Crippen LogP contribution < -0.4 is 10.1 Å². The number of ether oxygens (including phenoxy) is 1. The van der Waals surface area contributed by atoms with Gasteiger partial charge in [-0.2, -0.15) is 0 Å². The Kier molecular flexibility index (Phi) is 6.83. The molecule has 0 aromatic heterocycles. The van der Waals surface area contributed by atoms with Gasteiger partial charge in [-0.25, -0.2) is 8.42 Å². The first-order chi connectivity index (χ1) is 15.3. The number of carbonyl (C=O) groups excluding carboxylic acids is 1. The highest BCUT2D eigenvalue weighted by Crippen LogP contribution is 2.38. The number of carbonyl (C=O) groups is 1. The Hall–Kier alpha value is -3.33. The summed E-state index contributed by atoms with van der Waals surface area (Å²) in [5, 5.41) is 2.78. The summed E-state index contributed by atoms with van der Waals surface area (Å²) in [6.07, 6.45) is -3.67. The van der Waals surface area contributed by atoms with Crippen molar-refractivity contribution in [1.29, 1.82) is 0 Å². The molecular weight excluding hydrogens is 455 g/mol. The average Bonchev–Trinajstić information content (AvgIpc) is 2.67. The van der Waals surface area contributed by atoms with Crippen molar-refractivity contribution >= 4 is 21.4 Å². The van der Waals surface area contributed by atoms with E-state index in [1.165, 1.54) is 24.3 Å². The van der Waals surface area contributed by atoms with Crippen LogP contribution in [0.15, 0.2) is 65.6 Å². The van der Waals surface area contributed by atoms with Gasteiger partial charge in [0.05, 0.1) is 11.3 Å². The maximum Gasteiger partial charge on any atom is 0.573 e. The molecular formula is C24H22F3NO4S. The van der Waals surface area contributed by atoms with Crippen molar-refractivity contribution in [3.8, 4) is 16.9 Å². The fourth-order valence-corrected chi connectivity index (χ4v) is 4.22. The van der Waals surface area contributed by atoms with Gasteiger partial charge in [0.15, 0.2) is 9.84 Å². The van der Waals surface area contributed by atoms with E-state index in [1.807, 2.05) is 0 Å². The number of amides is 1. The van der Waals surface area contributed by atoms with Gasteiger partial charge in [0.1, 0.15) is 5.75 Å². The predicted octanol–water partition coefficient (Wildman–Crippen LogP) is 5.45. The van der Waals surface area contributed by atoms with Gasteiger partial charge < -0.3 is 10.1 Å². The molecule has 0 saturated carbocycles. The van der Waals surface area contributed by atoms with Gasteiger partial charge in [-0.05, 0) is 66.4 Å². The number of anilines is 1. The highest BCUT2D eigenvalue weighted by Gasteiger charge is 2.32. The van der Waals surface area contributed by atoms with Crippen LogP contribution in [-0.2, 0) is 21.1 Å². The first-order valence-corrected chi connectivity index (χ1v) is 11.8. The number of sulfone groups is 1. The van der Waals surface area contributed by atoms with Gasteiger partial charge in [0, 0.05) is 17.5 Å². The monoisotopic (exact) mass is 477 g/mol. The summed E-state index contributed by atoms with van der Waals surface area (Å²) in [5.41, 5.74) is 3.36. The zero-order valence-corrected chi connectivity index (χ0v) is 19.0. The number of aryl methyl sites for hydroxylation is 2. The topological polar surface area (TPSA) is 72.5 Å². The minimum Gasteiger partial charge on any atom is -0.405 e. The van der Waals surface area contributed by atoms with Crippen LogP contribution in [0.2, 0.25) is 0 Å². The Labute approximate surface area is 190 Å². The second-order valence-electron chi connectivity index (χ2n) is 7.67. The third-order valence-electron chi connectivity index (χ3n) is 4.91. The van der Waals surface area contributed by atoms with Crippen LogP contribution >= 0.6 is 0 Å². The van der Waals surface area contributed by atoms with Crippen molar-refractivity contribution in [3.05, 3.63) is 77.4 Å². The van der Waals surface area contributed by atoms with Crippen LogP contribution in [0.3, 0.4) is 0 Å². The van der Waals surface area contributed by atoms with Crippen LogP contribution in [0, 0.1) is 13.8 Å². The van der Waals surface area contributed by atoms with Gasteiger partial charge in [-0.1, -0.05) is 30.3 Å². The van der Waals surface area contributed by atoms with Gasteiger partial charge in [-0.3, -0.25) is 4.79 Å². The number of nitrogens with one attached hydrogen (secondary N) is 1. The standard InChI is InChI=1S/C24H22F3NO4S/c1-15-12-18(28-22(29)14-17-8-10-19(11-9-17)33(3,30)31)13-16(2)23(15)20-6-4-5-7-21(20)32-24(25,26)27/h4-13H,14H2,1-3H3,(H,28,29). The molecule has 1 amide bonds. The molecule has 9 heteroatoms. The summed E-state index contributed by atoms with van der Waals surface area (Å²) in [4.78, 5) is 12.6. The number of benzene rings is 3. The van der Waals surface area contributed by atoms with E-state index in [0.717, 1.165) is 6.26 Å². The van der Waals surface area contributed by atoms with Gasteiger partial charge in [-0.15, -0.1) is 13.2 Å². The van der Waals surface area contributed by atoms with E-state index in [4.69, 9.17) is 0 Å². The molecule has 1 N–H and O–H groups in total. The zero-order valence-electron chi connectivity index (χ0n) is 18.2. The number of para-hydroxylation sites is 1. The minimum atomic E-state index is -4.81. The molecule has 0 unspecified atom stereocenters. The van der Waals surface area contributed by atoms with E-state index in [-0.39, 0.29) is 23.0 Å². The molecule has 174 valence electrons. The van der Waals surface area contributed by atoms with Crippen molar-refractivity contribution in [3.63, 3.8) is 0 Å². The van der Waals surface area contributed by atoms with Crippen molar-refractivity contribution in [1.82, 2.24) is 0 Å². The van der Waals surface area contributed by atoms with E-state index < -0.39 is 16.2 Å². The lowest BCUT2D eigenvalue weighted by atomic mass is 9.94. The van der Waals surface area contributed by atoms with Crippen LogP contribution in [0.25, 0.3) is 11.1 Å². The van der Waals surface area contributed by atoms with Crippen LogP contribution in [0.4, 0.5) is 18.9 Å². The molecule has 0 aliphatic carbocycles. The molecule has 0 aliphatic rings. The van der Waals surface area contributed by atoms with Crippen molar-refractivity contribution in [2.75, 3.05) is 11.6 Å². The van der Waals surface area contributed by atoms with Gasteiger partial charge >= 0.3 is 6.36 Å². The lowest BCUT2D eigenvalue weighted by molar-refractivity contribution is -0.274. The average molecular weight is 478 g/mol. The first-order valence-electron chi connectivity index (χ1n) is 9.89. The summed E-state index contributed by atoms with van der Waals surface area (Å²) in [6.45, 7) is 3.48. The molecule has 33 heavy (non-hydrogen) atoms. The highest BCUT2D eigenvalue weighted by atomic mass is 32.2. The molecule has 5 nitrogen and oxygen atoms in total. The van der Waals surface area contributed by atoms with E-state index >= 15 is 0 Å². The lowest BCUT2D eigenvalue weighted by Crippen LogP contribution is -2.17. The predicted molar refractivity (Wildman–Crippen MR) is 120 cm³/mol. The summed E-state index contributed by atoms with van der Waals surface area (Å²) in [6, 6.07) is 15.3. The molecule has 0 radical (unpaired) electrons. The molecule has 3 aromatic rings. The zero-order chi connectivity index (χ0) is 24.4. The molecule has 0 saturated heterocycles. The fraction of sp³-hybridized carbons (Fsp3) is 0.208. The number of alkyl halides is 3. The maximum absolute atomic E-state index is 12.8. The molecule has 0 bridgehead atoms. The Morgan fingerprint density at radius 2 is 1.55 bits per heavy atom.